The fourth-order valence-corrected chi connectivity index (χ4v) is 1.76. The fourth-order valence-electron chi connectivity index (χ4n) is 1.76. The minimum Gasteiger partial charge on any atom is -0.341 e. The van der Waals surface area contributed by atoms with Crippen LogP contribution in [-0.4, -0.2) is 49.4 Å². The maximum Gasteiger partial charge on any atom is 0.236 e. The molecule has 0 saturated carbocycles. The van der Waals surface area contributed by atoms with Gasteiger partial charge >= 0.3 is 0 Å². The zero-order chi connectivity index (χ0) is 9.84. The van der Waals surface area contributed by atoms with E-state index in [0.717, 1.165) is 19.0 Å². The smallest absolute Gasteiger partial charge is 0.236 e. The van der Waals surface area contributed by atoms with Gasteiger partial charge in [-0.15, -0.1) is 0 Å². The number of rotatable bonds is 3. The lowest BCUT2D eigenvalue weighted by atomic mass is 10.1. The van der Waals surface area contributed by atoms with Crippen molar-refractivity contribution in [3.05, 3.63) is 0 Å². The van der Waals surface area contributed by atoms with Crippen LogP contribution in [0.3, 0.4) is 0 Å². The van der Waals surface area contributed by atoms with Crippen LogP contribution in [0, 0.1) is 5.92 Å². The SMILES string of the molecule is CC[C@@H]1CCN(C(=O)CN(C)C)C1. The van der Waals surface area contributed by atoms with Gasteiger partial charge in [-0.2, -0.15) is 0 Å². The first-order valence-electron chi connectivity index (χ1n) is 5.06. The number of likely N-dealkylation sites (N-methyl/N-ethyl adjacent to an activating group) is 1. The van der Waals surface area contributed by atoms with Gasteiger partial charge in [-0.25, -0.2) is 0 Å². The summed E-state index contributed by atoms with van der Waals surface area (Å²) in [6.07, 6.45) is 2.39. The van der Waals surface area contributed by atoms with Crippen molar-refractivity contribution in [3.8, 4) is 0 Å². The van der Waals surface area contributed by atoms with Crippen LogP contribution >= 0.6 is 0 Å². The van der Waals surface area contributed by atoms with E-state index < -0.39 is 0 Å². The molecule has 0 bridgehead atoms. The van der Waals surface area contributed by atoms with Crippen molar-refractivity contribution in [3.63, 3.8) is 0 Å². The highest BCUT2D eigenvalue weighted by atomic mass is 16.2. The summed E-state index contributed by atoms with van der Waals surface area (Å²) in [5.41, 5.74) is 0. The lowest BCUT2D eigenvalue weighted by Gasteiger charge is -2.18. The summed E-state index contributed by atoms with van der Waals surface area (Å²) in [7, 11) is 3.87. The van der Waals surface area contributed by atoms with E-state index in [1.165, 1.54) is 12.8 Å². The molecule has 3 nitrogen and oxygen atoms in total. The van der Waals surface area contributed by atoms with Crippen molar-refractivity contribution in [2.24, 2.45) is 5.92 Å². The van der Waals surface area contributed by atoms with E-state index in [2.05, 4.69) is 6.92 Å². The summed E-state index contributed by atoms with van der Waals surface area (Å²) < 4.78 is 0. The van der Waals surface area contributed by atoms with Crippen LogP contribution in [0.25, 0.3) is 0 Å². The zero-order valence-electron chi connectivity index (χ0n) is 8.92. The Morgan fingerprint density at radius 3 is 2.69 bits per heavy atom. The molecule has 1 heterocycles. The molecule has 0 aromatic rings. The predicted octanol–water partition coefficient (Wildman–Crippen LogP) is 0.806. The molecule has 1 fully saturated rings. The molecule has 0 aliphatic carbocycles. The van der Waals surface area contributed by atoms with Gasteiger partial charge in [-0.3, -0.25) is 4.79 Å². The van der Waals surface area contributed by atoms with Crippen LogP contribution in [0.2, 0.25) is 0 Å². The molecule has 1 aliphatic rings. The molecule has 1 atom stereocenters. The zero-order valence-corrected chi connectivity index (χ0v) is 8.92. The third-order valence-electron chi connectivity index (χ3n) is 2.67. The summed E-state index contributed by atoms with van der Waals surface area (Å²) in [4.78, 5) is 15.5. The van der Waals surface area contributed by atoms with Gasteiger partial charge in [0.05, 0.1) is 6.54 Å². The normalized spacial score (nSPS) is 22.8. The second-order valence-electron chi connectivity index (χ2n) is 4.14. The number of hydrogen-bond donors (Lipinski definition) is 0. The van der Waals surface area contributed by atoms with Crippen molar-refractivity contribution in [2.45, 2.75) is 19.8 Å². The van der Waals surface area contributed by atoms with Crippen LogP contribution in [-0.2, 0) is 4.79 Å². The van der Waals surface area contributed by atoms with Gasteiger partial charge < -0.3 is 9.80 Å². The Morgan fingerprint density at radius 2 is 2.23 bits per heavy atom. The van der Waals surface area contributed by atoms with Gasteiger partial charge in [-0.1, -0.05) is 13.3 Å². The average Bonchev–Trinajstić information content (AvgIpc) is 2.50. The molecule has 3 heteroatoms. The van der Waals surface area contributed by atoms with Gasteiger partial charge in [0, 0.05) is 13.1 Å². The molecule has 13 heavy (non-hydrogen) atoms. The summed E-state index contributed by atoms with van der Waals surface area (Å²) in [6.45, 7) is 4.69. The van der Waals surface area contributed by atoms with Crippen LogP contribution in [0.4, 0.5) is 0 Å². The average molecular weight is 184 g/mol. The van der Waals surface area contributed by atoms with Gasteiger partial charge in [-0.05, 0) is 26.4 Å². The molecule has 0 radical (unpaired) electrons. The van der Waals surface area contributed by atoms with Crippen molar-refractivity contribution >= 4 is 5.91 Å². The first-order chi connectivity index (χ1) is 6.13. The van der Waals surface area contributed by atoms with Crippen LogP contribution in [0.1, 0.15) is 19.8 Å². The van der Waals surface area contributed by atoms with Gasteiger partial charge in [0.25, 0.3) is 0 Å². The van der Waals surface area contributed by atoms with E-state index in [9.17, 15) is 4.79 Å². The molecule has 76 valence electrons. The molecular weight excluding hydrogens is 164 g/mol. The molecule has 1 aliphatic heterocycles. The van der Waals surface area contributed by atoms with E-state index in [4.69, 9.17) is 0 Å². The summed E-state index contributed by atoms with van der Waals surface area (Å²) in [5, 5.41) is 0. The molecule has 1 saturated heterocycles. The van der Waals surface area contributed by atoms with E-state index in [1.807, 2.05) is 23.9 Å². The maximum atomic E-state index is 11.6. The second-order valence-corrected chi connectivity index (χ2v) is 4.14. The predicted molar refractivity (Wildman–Crippen MR) is 53.5 cm³/mol. The molecule has 0 N–H and O–H groups in total. The molecule has 1 amide bonds. The monoisotopic (exact) mass is 184 g/mol. The van der Waals surface area contributed by atoms with Crippen molar-refractivity contribution in [1.82, 2.24) is 9.80 Å². The quantitative estimate of drug-likeness (QED) is 0.648. The minimum atomic E-state index is 0.279. The Labute approximate surface area is 80.7 Å². The van der Waals surface area contributed by atoms with E-state index >= 15 is 0 Å². The lowest BCUT2D eigenvalue weighted by molar-refractivity contribution is -0.130. The largest absolute Gasteiger partial charge is 0.341 e. The van der Waals surface area contributed by atoms with Crippen molar-refractivity contribution in [2.75, 3.05) is 33.7 Å². The van der Waals surface area contributed by atoms with E-state index in [0.29, 0.717) is 6.54 Å². The molecule has 0 aromatic carbocycles. The summed E-state index contributed by atoms with van der Waals surface area (Å²) in [5.74, 6) is 1.02. The third kappa shape index (κ3) is 2.99. The lowest BCUT2D eigenvalue weighted by Crippen LogP contribution is -2.36. The second kappa shape index (κ2) is 4.61. The summed E-state index contributed by atoms with van der Waals surface area (Å²) >= 11 is 0. The number of carbonyl (C=O) groups excluding carboxylic acids is 1. The summed E-state index contributed by atoms with van der Waals surface area (Å²) in [6, 6.07) is 0. The number of carbonyl (C=O) groups is 1. The Morgan fingerprint density at radius 1 is 1.54 bits per heavy atom. The maximum absolute atomic E-state index is 11.6. The van der Waals surface area contributed by atoms with Crippen LogP contribution in [0.5, 0.6) is 0 Å². The van der Waals surface area contributed by atoms with Gasteiger partial charge in [0.2, 0.25) is 5.91 Å². The highest BCUT2D eigenvalue weighted by Gasteiger charge is 2.24. The van der Waals surface area contributed by atoms with Crippen molar-refractivity contribution < 1.29 is 4.79 Å². The number of nitrogens with zero attached hydrogens (tertiary/aromatic N) is 2. The van der Waals surface area contributed by atoms with Gasteiger partial charge in [0.15, 0.2) is 0 Å². The highest BCUT2D eigenvalue weighted by molar-refractivity contribution is 5.78. The third-order valence-corrected chi connectivity index (χ3v) is 2.67. The first kappa shape index (κ1) is 10.5. The first-order valence-corrected chi connectivity index (χ1v) is 5.06. The van der Waals surface area contributed by atoms with Gasteiger partial charge in [0.1, 0.15) is 0 Å². The van der Waals surface area contributed by atoms with Crippen molar-refractivity contribution in [1.29, 1.82) is 0 Å². The highest BCUT2D eigenvalue weighted by Crippen LogP contribution is 2.18. The Hall–Kier alpha value is -0.570. The van der Waals surface area contributed by atoms with E-state index in [1.54, 1.807) is 0 Å². The number of amides is 1. The Kier molecular flexibility index (Phi) is 3.72. The van der Waals surface area contributed by atoms with Crippen LogP contribution < -0.4 is 0 Å². The fraction of sp³-hybridized carbons (Fsp3) is 0.900. The number of likely N-dealkylation sites (tertiary alicyclic amines) is 1. The molecular formula is C10H20N2O. The molecule has 0 aromatic heterocycles. The van der Waals surface area contributed by atoms with E-state index in [-0.39, 0.29) is 5.91 Å². The molecule has 1 rings (SSSR count). The minimum absolute atomic E-state index is 0.279. The Balaban J connectivity index is 2.33. The Bertz CT molecular complexity index is 180. The van der Waals surface area contributed by atoms with Crippen LogP contribution in [0.15, 0.2) is 0 Å². The molecule has 0 unspecified atom stereocenters. The topological polar surface area (TPSA) is 23.6 Å². The molecule has 0 spiro atoms. The number of hydrogen-bond acceptors (Lipinski definition) is 2. The standard InChI is InChI=1S/C10H20N2O/c1-4-9-5-6-12(7-9)10(13)8-11(2)3/h9H,4-8H2,1-3H3/t9-/m1/s1.